The van der Waals surface area contributed by atoms with Gasteiger partial charge in [-0.2, -0.15) is 0 Å². The van der Waals surface area contributed by atoms with E-state index in [9.17, 15) is 10.1 Å². The van der Waals surface area contributed by atoms with Crippen molar-refractivity contribution in [2.24, 2.45) is 0 Å². The van der Waals surface area contributed by atoms with Crippen molar-refractivity contribution in [2.75, 3.05) is 11.1 Å². The highest BCUT2D eigenvalue weighted by Crippen LogP contribution is 2.21. The van der Waals surface area contributed by atoms with E-state index in [-0.39, 0.29) is 10.6 Å². The summed E-state index contributed by atoms with van der Waals surface area (Å²) in [6.45, 7) is 2.20. The normalized spacial score (nSPS) is 10.2. The van der Waals surface area contributed by atoms with Crippen LogP contribution in [0, 0.1) is 17.0 Å². The van der Waals surface area contributed by atoms with Crippen LogP contribution in [0.2, 0.25) is 0 Å². The lowest BCUT2D eigenvalue weighted by Crippen LogP contribution is -2.05. The van der Waals surface area contributed by atoms with Gasteiger partial charge in [0.1, 0.15) is 11.6 Å². The molecule has 0 fully saturated rings. The van der Waals surface area contributed by atoms with Crippen molar-refractivity contribution in [3.63, 3.8) is 0 Å². The van der Waals surface area contributed by atoms with Crippen molar-refractivity contribution >= 4 is 17.3 Å². The lowest BCUT2D eigenvalue weighted by molar-refractivity contribution is -0.385. The zero-order valence-electron chi connectivity index (χ0n) is 10.5. The number of nitrogens with one attached hydrogen (secondary N) is 1. The molecule has 0 amide bonds. The molecule has 2 rings (SSSR count). The second-order valence-electron chi connectivity index (χ2n) is 4.12. The zero-order valence-corrected chi connectivity index (χ0v) is 10.5. The van der Waals surface area contributed by atoms with Crippen LogP contribution in [0.15, 0.2) is 36.4 Å². The molecule has 0 aliphatic heterocycles. The van der Waals surface area contributed by atoms with Gasteiger partial charge in [-0.15, -0.1) is 0 Å². The molecule has 1 aromatic heterocycles. The number of nitrogens with zero attached hydrogens (tertiary/aromatic N) is 2. The molecule has 0 aliphatic rings. The molecule has 6 heteroatoms. The van der Waals surface area contributed by atoms with E-state index in [1.54, 1.807) is 31.2 Å². The molecular formula is C13H14N4O2. The number of aromatic nitrogens is 1. The van der Waals surface area contributed by atoms with E-state index in [0.29, 0.717) is 23.7 Å². The minimum Gasteiger partial charge on any atom is -0.384 e. The Morgan fingerprint density at radius 3 is 2.74 bits per heavy atom. The minimum atomic E-state index is -0.377. The van der Waals surface area contributed by atoms with Gasteiger partial charge in [-0.25, -0.2) is 4.98 Å². The fourth-order valence-corrected chi connectivity index (χ4v) is 1.79. The van der Waals surface area contributed by atoms with Crippen LogP contribution in [-0.2, 0) is 6.54 Å². The Morgan fingerprint density at radius 1 is 1.32 bits per heavy atom. The van der Waals surface area contributed by atoms with Crippen molar-refractivity contribution in [1.82, 2.24) is 4.98 Å². The third-order valence-corrected chi connectivity index (χ3v) is 2.84. The van der Waals surface area contributed by atoms with Crippen LogP contribution in [-0.4, -0.2) is 9.91 Å². The van der Waals surface area contributed by atoms with Gasteiger partial charge < -0.3 is 11.1 Å². The molecule has 3 N–H and O–H groups in total. The maximum atomic E-state index is 10.8. The summed E-state index contributed by atoms with van der Waals surface area (Å²) in [4.78, 5) is 14.6. The fourth-order valence-electron chi connectivity index (χ4n) is 1.79. The first-order valence-electron chi connectivity index (χ1n) is 5.77. The third-order valence-electron chi connectivity index (χ3n) is 2.84. The molecule has 0 atom stereocenters. The van der Waals surface area contributed by atoms with Gasteiger partial charge in [0.2, 0.25) is 0 Å². The minimum absolute atomic E-state index is 0.125. The Bertz CT molecular complexity index is 613. The summed E-state index contributed by atoms with van der Waals surface area (Å²) in [5.74, 6) is 1.08. The van der Waals surface area contributed by atoms with Gasteiger partial charge in [0.25, 0.3) is 5.69 Å². The summed E-state index contributed by atoms with van der Waals surface area (Å²) in [6, 6.07) is 10.3. The van der Waals surface area contributed by atoms with E-state index >= 15 is 0 Å². The molecule has 6 nitrogen and oxygen atoms in total. The molecule has 0 unspecified atom stereocenters. The maximum Gasteiger partial charge on any atom is 0.272 e. The van der Waals surface area contributed by atoms with E-state index < -0.39 is 0 Å². The third kappa shape index (κ3) is 2.98. The van der Waals surface area contributed by atoms with Gasteiger partial charge in [0, 0.05) is 18.2 Å². The largest absolute Gasteiger partial charge is 0.384 e. The molecule has 2 aromatic rings. The SMILES string of the molecule is Cc1c(CNc2cccc(N)n2)cccc1[N+](=O)[O-]. The highest BCUT2D eigenvalue weighted by atomic mass is 16.6. The standard InChI is InChI=1S/C13H14N4O2/c1-9-10(4-2-5-11(9)17(18)19)8-15-13-7-3-6-12(14)16-13/h2-7H,8H2,1H3,(H3,14,15,16). The topological polar surface area (TPSA) is 94.1 Å². The molecule has 0 radical (unpaired) electrons. The number of benzene rings is 1. The maximum absolute atomic E-state index is 10.8. The number of nitro groups is 1. The number of nitrogen functional groups attached to an aromatic ring is 1. The van der Waals surface area contributed by atoms with Gasteiger partial charge in [0.05, 0.1) is 4.92 Å². The zero-order chi connectivity index (χ0) is 13.8. The number of rotatable bonds is 4. The van der Waals surface area contributed by atoms with Crippen molar-refractivity contribution in [3.05, 3.63) is 57.6 Å². The van der Waals surface area contributed by atoms with Gasteiger partial charge in [0.15, 0.2) is 0 Å². The van der Waals surface area contributed by atoms with Crippen molar-refractivity contribution < 1.29 is 4.92 Å². The Morgan fingerprint density at radius 2 is 2.05 bits per heavy atom. The lowest BCUT2D eigenvalue weighted by atomic mass is 10.1. The van der Waals surface area contributed by atoms with Crippen LogP contribution < -0.4 is 11.1 Å². The molecule has 98 valence electrons. The smallest absolute Gasteiger partial charge is 0.272 e. The number of anilines is 2. The number of pyridine rings is 1. The Balaban J connectivity index is 2.16. The molecule has 0 bridgehead atoms. The first-order chi connectivity index (χ1) is 9.08. The van der Waals surface area contributed by atoms with E-state index in [1.807, 2.05) is 6.07 Å². The molecule has 0 aliphatic carbocycles. The Labute approximate surface area is 110 Å². The summed E-state index contributed by atoms with van der Waals surface area (Å²) in [6.07, 6.45) is 0. The first kappa shape index (κ1) is 12.8. The van der Waals surface area contributed by atoms with E-state index in [4.69, 9.17) is 5.73 Å². The highest BCUT2D eigenvalue weighted by Gasteiger charge is 2.12. The van der Waals surface area contributed by atoms with Crippen LogP contribution in [0.25, 0.3) is 0 Å². The molecule has 1 aromatic carbocycles. The van der Waals surface area contributed by atoms with E-state index in [2.05, 4.69) is 10.3 Å². The summed E-state index contributed by atoms with van der Waals surface area (Å²) in [5.41, 5.74) is 7.22. The van der Waals surface area contributed by atoms with Gasteiger partial charge in [-0.05, 0) is 24.6 Å². The molecule has 0 spiro atoms. The van der Waals surface area contributed by atoms with E-state index in [1.165, 1.54) is 6.07 Å². The van der Waals surface area contributed by atoms with Gasteiger partial charge >= 0.3 is 0 Å². The lowest BCUT2D eigenvalue weighted by Gasteiger charge is -2.08. The number of nitrogens with two attached hydrogens (primary N) is 1. The summed E-state index contributed by atoms with van der Waals surface area (Å²) < 4.78 is 0. The fraction of sp³-hybridized carbons (Fsp3) is 0.154. The van der Waals surface area contributed by atoms with Crippen LogP contribution in [0.5, 0.6) is 0 Å². The molecule has 0 saturated heterocycles. The predicted molar refractivity (Wildman–Crippen MR) is 73.8 cm³/mol. The Kier molecular flexibility index (Phi) is 3.61. The van der Waals surface area contributed by atoms with Crippen molar-refractivity contribution in [3.8, 4) is 0 Å². The second-order valence-corrected chi connectivity index (χ2v) is 4.12. The van der Waals surface area contributed by atoms with Gasteiger partial charge in [-0.3, -0.25) is 10.1 Å². The second kappa shape index (κ2) is 5.34. The first-order valence-corrected chi connectivity index (χ1v) is 5.77. The average Bonchev–Trinajstić information content (AvgIpc) is 2.37. The van der Waals surface area contributed by atoms with Crippen molar-refractivity contribution in [1.29, 1.82) is 0 Å². The summed E-state index contributed by atoms with van der Waals surface area (Å²) >= 11 is 0. The molecule has 0 saturated carbocycles. The van der Waals surface area contributed by atoms with Crippen molar-refractivity contribution in [2.45, 2.75) is 13.5 Å². The average molecular weight is 258 g/mol. The monoisotopic (exact) mass is 258 g/mol. The number of hydrogen-bond acceptors (Lipinski definition) is 5. The van der Waals surface area contributed by atoms with Gasteiger partial charge in [-0.1, -0.05) is 18.2 Å². The number of hydrogen-bond donors (Lipinski definition) is 2. The van der Waals surface area contributed by atoms with Crippen LogP contribution >= 0.6 is 0 Å². The quantitative estimate of drug-likeness (QED) is 0.649. The predicted octanol–water partition coefficient (Wildman–Crippen LogP) is 2.49. The van der Waals surface area contributed by atoms with Crippen LogP contribution in [0.3, 0.4) is 0 Å². The molecule has 19 heavy (non-hydrogen) atoms. The summed E-state index contributed by atoms with van der Waals surface area (Å²) in [7, 11) is 0. The highest BCUT2D eigenvalue weighted by molar-refractivity contribution is 5.47. The van der Waals surface area contributed by atoms with Crippen LogP contribution in [0.4, 0.5) is 17.3 Å². The molecular weight excluding hydrogens is 244 g/mol. The van der Waals surface area contributed by atoms with E-state index in [0.717, 1.165) is 5.56 Å². The number of nitro benzene ring substituents is 1. The summed E-state index contributed by atoms with van der Waals surface area (Å²) in [5, 5.41) is 13.9. The Hall–Kier alpha value is -2.63. The molecule has 1 heterocycles. The van der Waals surface area contributed by atoms with Crippen LogP contribution in [0.1, 0.15) is 11.1 Å².